The van der Waals surface area contributed by atoms with E-state index in [1.54, 1.807) is 0 Å². The van der Waals surface area contributed by atoms with Crippen LogP contribution >= 0.6 is 0 Å². The average Bonchev–Trinajstić information content (AvgIpc) is 2.09. The first-order valence-electron chi connectivity index (χ1n) is 3.97. The summed E-state index contributed by atoms with van der Waals surface area (Å²) in [6.45, 7) is 0. The van der Waals surface area contributed by atoms with Crippen LogP contribution in [0.1, 0.15) is 12.0 Å². The quantitative estimate of drug-likeness (QED) is 0.439. The first-order valence-corrected chi connectivity index (χ1v) is 3.97. The first-order chi connectivity index (χ1) is 6.50. The lowest BCUT2D eigenvalue weighted by atomic mass is 10.1. The minimum atomic E-state index is -1.21. The van der Waals surface area contributed by atoms with Gasteiger partial charge in [0, 0.05) is 12.5 Å². The molecule has 1 aromatic rings. The molecule has 14 heavy (non-hydrogen) atoms. The van der Waals surface area contributed by atoms with Crippen molar-refractivity contribution in [2.24, 2.45) is 5.73 Å². The number of amidine groups is 1. The largest absolute Gasteiger partial charge is 0.388 e. The molecule has 0 saturated heterocycles. The summed E-state index contributed by atoms with van der Waals surface area (Å²) in [5.41, 5.74) is 5.08. The van der Waals surface area contributed by atoms with Crippen molar-refractivity contribution < 1.29 is 13.2 Å². The number of hydrogen-bond acceptors (Lipinski definition) is 1. The summed E-state index contributed by atoms with van der Waals surface area (Å²) in [6, 6.07) is 1.28. The number of aryl methyl sites for hydroxylation is 1. The Morgan fingerprint density at radius 2 is 1.71 bits per heavy atom. The number of rotatable bonds is 3. The van der Waals surface area contributed by atoms with E-state index < -0.39 is 17.5 Å². The Morgan fingerprint density at radius 1 is 1.14 bits per heavy atom. The van der Waals surface area contributed by atoms with E-state index in [2.05, 4.69) is 0 Å². The molecule has 0 aliphatic rings. The van der Waals surface area contributed by atoms with Gasteiger partial charge in [-0.05, 0) is 18.1 Å². The van der Waals surface area contributed by atoms with Crippen molar-refractivity contribution in [2.45, 2.75) is 12.8 Å². The summed E-state index contributed by atoms with van der Waals surface area (Å²) in [7, 11) is 0. The summed E-state index contributed by atoms with van der Waals surface area (Å²) < 4.78 is 38.1. The molecule has 1 rings (SSSR count). The van der Waals surface area contributed by atoms with Gasteiger partial charge in [0.25, 0.3) is 0 Å². The van der Waals surface area contributed by atoms with Crippen LogP contribution in [0.3, 0.4) is 0 Å². The van der Waals surface area contributed by atoms with Gasteiger partial charge < -0.3 is 5.73 Å². The fourth-order valence-corrected chi connectivity index (χ4v) is 1.02. The molecule has 0 aliphatic heterocycles. The van der Waals surface area contributed by atoms with Gasteiger partial charge in [-0.2, -0.15) is 0 Å². The third-order valence-corrected chi connectivity index (χ3v) is 1.75. The lowest BCUT2D eigenvalue weighted by Crippen LogP contribution is -2.11. The van der Waals surface area contributed by atoms with Crippen LogP contribution in [-0.2, 0) is 6.42 Å². The summed E-state index contributed by atoms with van der Waals surface area (Å²) in [6.07, 6.45) is 0.223. The molecule has 0 aromatic heterocycles. The van der Waals surface area contributed by atoms with Gasteiger partial charge in [-0.3, -0.25) is 5.41 Å². The van der Waals surface area contributed by atoms with Crippen LogP contribution in [0.2, 0.25) is 0 Å². The molecule has 0 radical (unpaired) electrons. The molecular formula is C9H9F3N2. The number of hydrogen-bond donors (Lipinski definition) is 2. The van der Waals surface area contributed by atoms with Crippen molar-refractivity contribution in [3.8, 4) is 0 Å². The zero-order valence-electron chi connectivity index (χ0n) is 7.28. The second kappa shape index (κ2) is 4.13. The van der Waals surface area contributed by atoms with Gasteiger partial charge in [0.05, 0.1) is 5.84 Å². The topological polar surface area (TPSA) is 49.9 Å². The van der Waals surface area contributed by atoms with Crippen LogP contribution in [0.4, 0.5) is 13.2 Å². The highest BCUT2D eigenvalue weighted by Crippen LogP contribution is 2.14. The van der Waals surface area contributed by atoms with Crippen molar-refractivity contribution in [3.63, 3.8) is 0 Å². The maximum atomic E-state index is 13.0. The van der Waals surface area contributed by atoms with E-state index in [9.17, 15) is 13.2 Å². The van der Waals surface area contributed by atoms with Crippen molar-refractivity contribution in [3.05, 3.63) is 35.1 Å². The maximum absolute atomic E-state index is 13.0. The molecular weight excluding hydrogens is 193 g/mol. The molecule has 76 valence electrons. The normalized spacial score (nSPS) is 10.2. The molecule has 0 fully saturated rings. The fourth-order valence-electron chi connectivity index (χ4n) is 1.02. The second-order valence-corrected chi connectivity index (χ2v) is 2.88. The lowest BCUT2D eigenvalue weighted by Gasteiger charge is -2.03. The van der Waals surface area contributed by atoms with Crippen LogP contribution < -0.4 is 5.73 Å². The highest BCUT2D eigenvalue weighted by molar-refractivity contribution is 5.77. The van der Waals surface area contributed by atoms with Crippen LogP contribution in [0.25, 0.3) is 0 Å². The van der Waals surface area contributed by atoms with Gasteiger partial charge >= 0.3 is 0 Å². The van der Waals surface area contributed by atoms with Crippen molar-refractivity contribution >= 4 is 5.84 Å². The van der Waals surface area contributed by atoms with E-state index in [1.807, 2.05) is 0 Å². The molecule has 2 nitrogen and oxygen atoms in total. The molecule has 0 atom stereocenters. The fraction of sp³-hybridized carbons (Fsp3) is 0.222. The Bertz CT molecular complexity index is 363. The number of nitrogens with one attached hydrogen (secondary N) is 1. The maximum Gasteiger partial charge on any atom is 0.161 e. The van der Waals surface area contributed by atoms with Crippen LogP contribution in [-0.4, -0.2) is 5.84 Å². The molecule has 0 saturated carbocycles. The third-order valence-electron chi connectivity index (χ3n) is 1.75. The number of benzene rings is 1. The van der Waals surface area contributed by atoms with Gasteiger partial charge in [-0.1, -0.05) is 0 Å². The Morgan fingerprint density at radius 3 is 2.29 bits per heavy atom. The minimum Gasteiger partial charge on any atom is -0.388 e. The molecule has 0 spiro atoms. The Balaban J connectivity index is 2.87. The van der Waals surface area contributed by atoms with Gasteiger partial charge in [0.2, 0.25) is 0 Å². The monoisotopic (exact) mass is 202 g/mol. The van der Waals surface area contributed by atoms with Crippen LogP contribution in [0.5, 0.6) is 0 Å². The number of nitrogens with two attached hydrogens (primary N) is 1. The zero-order chi connectivity index (χ0) is 10.7. The van der Waals surface area contributed by atoms with Crippen molar-refractivity contribution in [1.29, 1.82) is 5.41 Å². The highest BCUT2D eigenvalue weighted by atomic mass is 19.2. The molecule has 1 aromatic carbocycles. The minimum absolute atomic E-state index is 0.0269. The van der Waals surface area contributed by atoms with Gasteiger partial charge in [-0.15, -0.1) is 0 Å². The second-order valence-electron chi connectivity index (χ2n) is 2.88. The number of halogens is 3. The molecule has 0 bridgehead atoms. The summed E-state index contributed by atoms with van der Waals surface area (Å²) in [5.74, 6) is -3.24. The highest BCUT2D eigenvalue weighted by Gasteiger charge is 2.09. The zero-order valence-corrected chi connectivity index (χ0v) is 7.28. The van der Waals surface area contributed by atoms with E-state index in [0.717, 1.165) is 6.07 Å². The predicted molar refractivity (Wildman–Crippen MR) is 46.6 cm³/mol. The van der Waals surface area contributed by atoms with E-state index >= 15 is 0 Å². The smallest absolute Gasteiger partial charge is 0.161 e. The van der Waals surface area contributed by atoms with Crippen LogP contribution in [0.15, 0.2) is 12.1 Å². The predicted octanol–water partition coefficient (Wildman–Crippen LogP) is 1.97. The summed E-state index contributed by atoms with van der Waals surface area (Å²) in [5, 5.41) is 6.90. The van der Waals surface area contributed by atoms with E-state index in [4.69, 9.17) is 11.1 Å². The van der Waals surface area contributed by atoms with E-state index in [0.29, 0.717) is 6.07 Å². The lowest BCUT2D eigenvalue weighted by molar-refractivity contribution is 0.490. The average molecular weight is 202 g/mol. The molecule has 0 unspecified atom stereocenters. The molecule has 0 aliphatic carbocycles. The van der Waals surface area contributed by atoms with E-state index in [1.165, 1.54) is 0 Å². The Kier molecular flexibility index (Phi) is 3.11. The van der Waals surface area contributed by atoms with Gasteiger partial charge in [0.1, 0.15) is 5.82 Å². The standard InChI is InChI=1S/C9H9F3N2/c10-6-4-8(12)7(11)3-5(6)1-2-9(13)14/h3-4H,1-2H2,(H3,13,14). The Hall–Kier alpha value is -1.52. The Labute approximate surface area is 79.0 Å². The summed E-state index contributed by atoms with van der Waals surface area (Å²) in [4.78, 5) is 0. The molecule has 5 heteroatoms. The van der Waals surface area contributed by atoms with E-state index in [-0.39, 0.29) is 24.2 Å². The molecule has 0 amide bonds. The first kappa shape index (κ1) is 10.6. The van der Waals surface area contributed by atoms with Crippen molar-refractivity contribution in [2.75, 3.05) is 0 Å². The molecule has 0 heterocycles. The van der Waals surface area contributed by atoms with Gasteiger partial charge in [0.15, 0.2) is 11.6 Å². The van der Waals surface area contributed by atoms with Crippen molar-refractivity contribution in [1.82, 2.24) is 0 Å². The van der Waals surface area contributed by atoms with Gasteiger partial charge in [-0.25, -0.2) is 13.2 Å². The molecule has 3 N–H and O–H groups in total. The third kappa shape index (κ3) is 2.48. The summed E-state index contributed by atoms with van der Waals surface area (Å²) >= 11 is 0. The SMILES string of the molecule is N=C(N)CCc1cc(F)c(F)cc1F. The van der Waals surface area contributed by atoms with Crippen LogP contribution in [0, 0.1) is 22.9 Å².